The molecule has 0 amide bonds. The van der Waals surface area contributed by atoms with Crippen molar-refractivity contribution < 1.29 is 49.8 Å². The van der Waals surface area contributed by atoms with Gasteiger partial charge in [0.25, 0.3) is 0 Å². The van der Waals surface area contributed by atoms with Crippen LogP contribution < -0.4 is 0 Å². The molecule has 0 radical (unpaired) electrons. The molecule has 4 nitrogen and oxygen atoms in total. The second kappa shape index (κ2) is 11.4. The number of carbonyl (C=O) groups is 2. The maximum absolute atomic E-state index is 14.7. The van der Waals surface area contributed by atoms with Gasteiger partial charge in [-0.1, -0.05) is 19.8 Å². The highest BCUT2D eigenvalue weighted by atomic mass is 19.4. The van der Waals surface area contributed by atoms with Crippen LogP contribution in [0.25, 0.3) is 0 Å². The molecule has 2 fully saturated rings. The normalized spacial score (nSPS) is 25.3. The second-order valence-corrected chi connectivity index (χ2v) is 9.65. The summed E-state index contributed by atoms with van der Waals surface area (Å²) in [5.41, 5.74) is -0.341. The summed E-state index contributed by atoms with van der Waals surface area (Å²) in [5.74, 6) is -11.0. The van der Waals surface area contributed by atoms with Crippen molar-refractivity contribution in [3.05, 3.63) is 34.9 Å². The fourth-order valence-corrected chi connectivity index (χ4v) is 5.04. The second-order valence-electron chi connectivity index (χ2n) is 9.65. The van der Waals surface area contributed by atoms with Gasteiger partial charge in [-0.05, 0) is 80.9 Å². The van der Waals surface area contributed by atoms with Gasteiger partial charge in [-0.25, -0.2) is 18.4 Å². The average Bonchev–Trinajstić information content (AvgIpc) is 2.79. The van der Waals surface area contributed by atoms with E-state index in [0.717, 1.165) is 50.7 Å². The number of hydrogen-bond acceptors (Lipinski definition) is 4. The Labute approximate surface area is 204 Å². The first-order chi connectivity index (χ1) is 16.8. The maximum atomic E-state index is 14.7. The number of esters is 2. The number of alkyl halides is 5. The summed E-state index contributed by atoms with van der Waals surface area (Å²) >= 11 is 0. The predicted molar refractivity (Wildman–Crippen MR) is 115 cm³/mol. The van der Waals surface area contributed by atoms with E-state index in [2.05, 4.69) is 11.7 Å². The fraction of sp³-hybridized carbons (Fsp3) is 0.680. The van der Waals surface area contributed by atoms with Crippen molar-refractivity contribution in [3.63, 3.8) is 0 Å². The van der Waals surface area contributed by atoms with E-state index >= 15 is 0 Å². The number of benzene rings is 1. The molecule has 0 unspecified atom stereocenters. The Bertz CT molecular complexity index is 908. The molecule has 2 saturated carbocycles. The number of hydrogen-bond donors (Lipinski definition) is 0. The van der Waals surface area contributed by atoms with Crippen molar-refractivity contribution in [1.82, 2.24) is 0 Å². The minimum absolute atomic E-state index is 0.00916. The highest BCUT2D eigenvalue weighted by molar-refractivity contribution is 5.90. The Balaban J connectivity index is 1.54. The topological polar surface area (TPSA) is 52.6 Å². The summed E-state index contributed by atoms with van der Waals surface area (Å²) < 4.78 is 102. The molecule has 0 N–H and O–H groups in total. The number of rotatable bonds is 7. The highest BCUT2D eigenvalue weighted by Gasteiger charge is 2.65. The van der Waals surface area contributed by atoms with Gasteiger partial charge >= 0.3 is 24.0 Å². The monoisotopic (exact) mass is 526 g/mol. The zero-order chi connectivity index (χ0) is 26.7. The van der Waals surface area contributed by atoms with Crippen LogP contribution in [0, 0.1) is 17.6 Å². The molecule has 0 saturated heterocycles. The van der Waals surface area contributed by atoms with Gasteiger partial charge < -0.3 is 9.47 Å². The summed E-state index contributed by atoms with van der Waals surface area (Å²) in [7, 11) is 0. The van der Waals surface area contributed by atoms with Crippen molar-refractivity contribution in [3.8, 4) is 0 Å². The Kier molecular flexibility index (Phi) is 8.93. The van der Waals surface area contributed by atoms with E-state index < -0.39 is 53.4 Å². The van der Waals surface area contributed by atoms with Gasteiger partial charge in [0, 0.05) is 0 Å². The molecule has 0 heterocycles. The van der Waals surface area contributed by atoms with E-state index in [-0.39, 0.29) is 31.6 Å². The number of ether oxygens (including phenoxy) is 2. The van der Waals surface area contributed by atoms with Gasteiger partial charge in [0.05, 0.1) is 0 Å². The van der Waals surface area contributed by atoms with Gasteiger partial charge in [0.1, 0.15) is 29.4 Å². The third-order valence-corrected chi connectivity index (χ3v) is 7.06. The van der Waals surface area contributed by atoms with E-state index in [9.17, 15) is 40.3 Å². The molecule has 0 atom stereocenters. The van der Waals surface area contributed by atoms with Crippen molar-refractivity contribution in [2.45, 2.75) is 101 Å². The molecule has 2 aliphatic rings. The largest absolute Gasteiger partial charge is 0.465 e. The van der Waals surface area contributed by atoms with Crippen molar-refractivity contribution in [2.24, 2.45) is 5.92 Å². The molecule has 1 aromatic carbocycles. The lowest BCUT2D eigenvalue weighted by Gasteiger charge is -2.30. The molecule has 0 aliphatic heterocycles. The zero-order valence-electron chi connectivity index (χ0n) is 19.8. The maximum Gasteiger partial charge on any atom is 0.465 e. The van der Waals surface area contributed by atoms with Gasteiger partial charge in [-0.2, -0.15) is 22.0 Å². The van der Waals surface area contributed by atoms with Crippen LogP contribution in [0.5, 0.6) is 0 Å². The molecule has 3 rings (SSSR count). The molecule has 36 heavy (non-hydrogen) atoms. The van der Waals surface area contributed by atoms with Gasteiger partial charge in [0.15, 0.2) is 0 Å². The summed E-state index contributed by atoms with van der Waals surface area (Å²) in [4.78, 5) is 23.7. The first kappa shape index (κ1) is 28.2. The first-order valence-corrected chi connectivity index (χ1v) is 12.2. The van der Waals surface area contributed by atoms with E-state index in [4.69, 9.17) is 4.74 Å². The van der Waals surface area contributed by atoms with Gasteiger partial charge in [0.2, 0.25) is 0 Å². The Morgan fingerprint density at radius 3 is 1.81 bits per heavy atom. The number of carbonyl (C=O) groups excluding carboxylic acids is 2. The SMILES string of the molecule is CCCC1CCC(c2cc(F)c(C(=O)OC3CCC(OC(=O)C(F)(F)C(F)(F)F)CC3)c(F)c2)CC1. The van der Waals surface area contributed by atoms with E-state index in [1.165, 1.54) is 0 Å². The first-order valence-electron chi connectivity index (χ1n) is 12.2. The van der Waals surface area contributed by atoms with Crippen LogP contribution in [-0.2, 0) is 14.3 Å². The molecular weight excluding hydrogens is 497 g/mol. The quantitative estimate of drug-likeness (QED) is 0.278. The fourth-order valence-electron chi connectivity index (χ4n) is 5.04. The lowest BCUT2D eigenvalue weighted by molar-refractivity contribution is -0.282. The van der Waals surface area contributed by atoms with E-state index in [0.29, 0.717) is 11.5 Å². The standard InChI is InChI=1S/C25H29F7O4/c1-2-3-14-4-6-15(7-5-14)16-12-19(26)21(20(27)13-16)22(33)35-17-8-10-18(11-9-17)36-23(34)24(28,29)25(30,31)32/h12-15,17-18H,2-11H2,1H3. The molecule has 202 valence electrons. The molecule has 1 aromatic rings. The third kappa shape index (κ3) is 6.51. The van der Waals surface area contributed by atoms with Crippen molar-refractivity contribution in [1.29, 1.82) is 0 Å². The Hall–Kier alpha value is -2.33. The van der Waals surface area contributed by atoms with Crippen LogP contribution in [0.1, 0.15) is 93.0 Å². The minimum Gasteiger partial charge on any atom is -0.459 e. The van der Waals surface area contributed by atoms with Crippen LogP contribution in [0.3, 0.4) is 0 Å². The van der Waals surface area contributed by atoms with Crippen LogP contribution in [-0.4, -0.2) is 36.2 Å². The van der Waals surface area contributed by atoms with Crippen molar-refractivity contribution >= 4 is 11.9 Å². The molecular formula is C25H29F7O4. The molecule has 0 bridgehead atoms. The lowest BCUT2D eigenvalue weighted by Crippen LogP contribution is -2.46. The number of halogens is 7. The molecule has 0 spiro atoms. The summed E-state index contributed by atoms with van der Waals surface area (Å²) in [6, 6.07) is 2.31. The lowest BCUT2D eigenvalue weighted by atomic mass is 9.77. The van der Waals surface area contributed by atoms with E-state index in [1.807, 2.05) is 0 Å². The zero-order valence-corrected chi connectivity index (χ0v) is 19.8. The third-order valence-electron chi connectivity index (χ3n) is 7.06. The summed E-state index contributed by atoms with van der Waals surface area (Å²) in [5, 5.41) is 0. The minimum atomic E-state index is -6.07. The Morgan fingerprint density at radius 2 is 1.33 bits per heavy atom. The van der Waals surface area contributed by atoms with Crippen LogP contribution >= 0.6 is 0 Å². The Morgan fingerprint density at radius 1 is 0.833 bits per heavy atom. The smallest absolute Gasteiger partial charge is 0.459 e. The predicted octanol–water partition coefficient (Wildman–Crippen LogP) is 7.25. The van der Waals surface area contributed by atoms with E-state index in [1.54, 1.807) is 0 Å². The molecule has 11 heteroatoms. The highest BCUT2D eigenvalue weighted by Crippen LogP contribution is 2.39. The van der Waals surface area contributed by atoms with Gasteiger partial charge in [-0.15, -0.1) is 0 Å². The van der Waals surface area contributed by atoms with Crippen LogP contribution in [0.4, 0.5) is 30.7 Å². The summed E-state index contributed by atoms with van der Waals surface area (Å²) in [6.45, 7) is 2.12. The summed E-state index contributed by atoms with van der Waals surface area (Å²) in [6.07, 6.45) is -2.71. The average molecular weight is 526 g/mol. The van der Waals surface area contributed by atoms with Crippen LogP contribution in [0.2, 0.25) is 0 Å². The van der Waals surface area contributed by atoms with Gasteiger partial charge in [-0.3, -0.25) is 0 Å². The van der Waals surface area contributed by atoms with Crippen molar-refractivity contribution in [2.75, 3.05) is 0 Å². The van der Waals surface area contributed by atoms with Crippen LogP contribution in [0.15, 0.2) is 12.1 Å². The molecule has 2 aliphatic carbocycles. The molecule has 0 aromatic heterocycles.